The van der Waals surface area contributed by atoms with E-state index in [1.54, 1.807) is 13.8 Å². The second-order valence-electron chi connectivity index (χ2n) is 4.06. The molecule has 0 saturated heterocycles. The van der Waals surface area contributed by atoms with Gasteiger partial charge in [-0.15, -0.1) is 0 Å². The third-order valence-corrected chi connectivity index (χ3v) is 3.90. The fourth-order valence-electron chi connectivity index (χ4n) is 1.20. The summed E-state index contributed by atoms with van der Waals surface area (Å²) in [6, 6.07) is 5.84. The number of carbonyl (C=O) groups is 1. The predicted octanol–water partition coefficient (Wildman–Crippen LogP) is 4.17. The molecule has 1 amide bonds. The molecule has 0 atom stereocenters. The van der Waals surface area contributed by atoms with E-state index in [1.165, 1.54) is 11.3 Å². The quantitative estimate of drug-likeness (QED) is 0.798. The third kappa shape index (κ3) is 3.05. The van der Waals surface area contributed by atoms with Crippen molar-refractivity contribution < 1.29 is 4.79 Å². The highest BCUT2D eigenvalue weighted by Crippen LogP contribution is 2.29. The summed E-state index contributed by atoms with van der Waals surface area (Å²) in [5.74, 6) is -0.101. The van der Waals surface area contributed by atoms with E-state index < -0.39 is 4.32 Å². The van der Waals surface area contributed by atoms with Crippen LogP contribution >= 0.6 is 43.2 Å². The van der Waals surface area contributed by atoms with Crippen LogP contribution < -0.4 is 5.32 Å². The second-order valence-corrected chi connectivity index (χ2v) is 7.99. The molecule has 0 unspecified atom stereocenters. The average Bonchev–Trinajstić information content (AvgIpc) is 2.57. The first kappa shape index (κ1) is 13.0. The molecule has 1 aromatic heterocycles. The van der Waals surface area contributed by atoms with Gasteiger partial charge in [0, 0.05) is 4.47 Å². The van der Waals surface area contributed by atoms with Crippen LogP contribution in [-0.4, -0.2) is 15.2 Å². The minimum Gasteiger partial charge on any atom is -0.301 e. The van der Waals surface area contributed by atoms with Crippen molar-refractivity contribution >= 4 is 64.5 Å². The molecule has 1 N–H and O–H groups in total. The zero-order valence-electron chi connectivity index (χ0n) is 9.25. The molecule has 0 radical (unpaired) electrons. The van der Waals surface area contributed by atoms with Crippen LogP contribution in [0.2, 0.25) is 0 Å². The maximum atomic E-state index is 11.8. The first-order valence-electron chi connectivity index (χ1n) is 4.93. The van der Waals surface area contributed by atoms with Gasteiger partial charge in [-0.05, 0) is 32.0 Å². The molecule has 0 fully saturated rings. The van der Waals surface area contributed by atoms with Gasteiger partial charge in [0.2, 0.25) is 5.91 Å². The molecule has 0 aliphatic rings. The van der Waals surface area contributed by atoms with Gasteiger partial charge in [-0.25, -0.2) is 4.98 Å². The molecule has 90 valence electrons. The van der Waals surface area contributed by atoms with Gasteiger partial charge >= 0.3 is 0 Å². The summed E-state index contributed by atoms with van der Waals surface area (Å²) in [4.78, 5) is 16.1. The van der Waals surface area contributed by atoms with Gasteiger partial charge < -0.3 is 5.32 Å². The van der Waals surface area contributed by atoms with E-state index in [-0.39, 0.29) is 5.91 Å². The van der Waals surface area contributed by atoms with Crippen LogP contribution in [0.5, 0.6) is 0 Å². The fourth-order valence-corrected chi connectivity index (χ4v) is 2.71. The Labute approximate surface area is 120 Å². The number of aromatic nitrogens is 1. The van der Waals surface area contributed by atoms with E-state index in [0.29, 0.717) is 5.13 Å². The molecule has 0 spiro atoms. The number of nitrogens with one attached hydrogen (secondary N) is 1. The molecule has 1 aromatic carbocycles. The largest absolute Gasteiger partial charge is 0.301 e. The second kappa shape index (κ2) is 4.66. The van der Waals surface area contributed by atoms with Crippen LogP contribution in [0.1, 0.15) is 13.8 Å². The van der Waals surface area contributed by atoms with Gasteiger partial charge in [-0.1, -0.05) is 43.2 Å². The zero-order valence-corrected chi connectivity index (χ0v) is 13.2. The molecule has 0 aliphatic carbocycles. The average molecular weight is 378 g/mol. The van der Waals surface area contributed by atoms with Crippen molar-refractivity contribution in [3.63, 3.8) is 0 Å². The van der Waals surface area contributed by atoms with Gasteiger partial charge in [0.1, 0.15) is 0 Å². The Balaban J connectivity index is 2.29. The van der Waals surface area contributed by atoms with Crippen LogP contribution in [-0.2, 0) is 4.79 Å². The Morgan fingerprint density at radius 3 is 2.82 bits per heavy atom. The van der Waals surface area contributed by atoms with Crippen molar-refractivity contribution in [3.05, 3.63) is 22.7 Å². The summed E-state index contributed by atoms with van der Waals surface area (Å²) in [6.45, 7) is 3.60. The molecule has 6 heteroatoms. The predicted molar refractivity (Wildman–Crippen MR) is 79.0 cm³/mol. The molecule has 0 bridgehead atoms. The number of nitrogens with zero attached hydrogens (tertiary/aromatic N) is 1. The highest BCUT2D eigenvalue weighted by atomic mass is 79.9. The zero-order chi connectivity index (χ0) is 12.6. The van der Waals surface area contributed by atoms with Crippen LogP contribution in [0.3, 0.4) is 0 Å². The number of fused-ring (bicyclic) bond motifs is 1. The Morgan fingerprint density at radius 1 is 1.47 bits per heavy atom. The maximum absolute atomic E-state index is 11.8. The van der Waals surface area contributed by atoms with Crippen LogP contribution in [0.4, 0.5) is 5.13 Å². The van der Waals surface area contributed by atoms with Crippen molar-refractivity contribution in [1.82, 2.24) is 4.98 Å². The van der Waals surface area contributed by atoms with Crippen LogP contribution in [0.15, 0.2) is 22.7 Å². The van der Waals surface area contributed by atoms with E-state index in [4.69, 9.17) is 0 Å². The number of anilines is 1. The highest BCUT2D eigenvalue weighted by molar-refractivity contribution is 9.10. The van der Waals surface area contributed by atoms with Gasteiger partial charge in [0.25, 0.3) is 0 Å². The minimum atomic E-state index is -0.592. The Bertz CT molecular complexity index is 574. The SMILES string of the molecule is CC(C)(Br)C(=O)Nc1nc2ccc(Br)cc2s1. The summed E-state index contributed by atoms with van der Waals surface area (Å²) in [6.07, 6.45) is 0. The first-order chi connectivity index (χ1) is 7.86. The number of hydrogen-bond donors (Lipinski definition) is 1. The van der Waals surface area contributed by atoms with Gasteiger partial charge in [-0.3, -0.25) is 4.79 Å². The lowest BCUT2D eigenvalue weighted by Crippen LogP contribution is -2.30. The minimum absolute atomic E-state index is 0.101. The molecule has 2 aromatic rings. The standard InChI is InChI=1S/C11H10Br2N2OS/c1-11(2,13)9(16)15-10-14-7-4-3-6(12)5-8(7)17-10/h3-5H,1-2H3,(H,14,15,16). The molecule has 17 heavy (non-hydrogen) atoms. The summed E-state index contributed by atoms with van der Waals surface area (Å²) in [5, 5.41) is 3.42. The van der Waals surface area contributed by atoms with Crippen LogP contribution in [0, 0.1) is 0 Å². The van der Waals surface area contributed by atoms with Gasteiger partial charge in [0.05, 0.1) is 14.5 Å². The van der Waals surface area contributed by atoms with E-state index >= 15 is 0 Å². The monoisotopic (exact) mass is 376 g/mol. The van der Waals surface area contributed by atoms with E-state index in [2.05, 4.69) is 42.2 Å². The molecule has 2 rings (SSSR count). The lowest BCUT2D eigenvalue weighted by molar-refractivity contribution is -0.117. The van der Waals surface area contributed by atoms with Crippen molar-refractivity contribution in [1.29, 1.82) is 0 Å². The molecule has 1 heterocycles. The Hall–Kier alpha value is -0.460. The topological polar surface area (TPSA) is 42.0 Å². The smallest absolute Gasteiger partial charge is 0.242 e. The lowest BCUT2D eigenvalue weighted by atomic mass is 10.2. The molecular formula is C11H10Br2N2OS. The lowest BCUT2D eigenvalue weighted by Gasteiger charge is -2.13. The summed E-state index contributed by atoms with van der Waals surface area (Å²) >= 11 is 8.18. The number of rotatable bonds is 2. The van der Waals surface area contributed by atoms with Crippen molar-refractivity contribution in [2.75, 3.05) is 5.32 Å². The Morgan fingerprint density at radius 2 is 2.18 bits per heavy atom. The maximum Gasteiger partial charge on any atom is 0.242 e. The summed E-state index contributed by atoms with van der Waals surface area (Å²) < 4.78 is 1.46. The van der Waals surface area contributed by atoms with Gasteiger partial charge in [0.15, 0.2) is 5.13 Å². The molecule has 0 saturated carbocycles. The fraction of sp³-hybridized carbons (Fsp3) is 0.273. The van der Waals surface area contributed by atoms with Gasteiger partial charge in [-0.2, -0.15) is 0 Å². The van der Waals surface area contributed by atoms with E-state index in [0.717, 1.165) is 14.7 Å². The van der Waals surface area contributed by atoms with E-state index in [9.17, 15) is 4.79 Å². The molecule has 3 nitrogen and oxygen atoms in total. The third-order valence-electron chi connectivity index (χ3n) is 2.11. The first-order valence-corrected chi connectivity index (χ1v) is 7.33. The number of halogens is 2. The summed E-state index contributed by atoms with van der Waals surface area (Å²) in [7, 11) is 0. The number of hydrogen-bond acceptors (Lipinski definition) is 3. The van der Waals surface area contributed by atoms with Crippen molar-refractivity contribution in [2.24, 2.45) is 0 Å². The van der Waals surface area contributed by atoms with Crippen molar-refractivity contribution in [2.45, 2.75) is 18.2 Å². The summed E-state index contributed by atoms with van der Waals surface area (Å²) in [5.41, 5.74) is 0.890. The number of benzene rings is 1. The molecular weight excluding hydrogens is 368 g/mol. The Kier molecular flexibility index (Phi) is 3.56. The number of amides is 1. The highest BCUT2D eigenvalue weighted by Gasteiger charge is 2.24. The number of carbonyl (C=O) groups excluding carboxylic acids is 1. The van der Waals surface area contributed by atoms with E-state index in [1.807, 2.05) is 18.2 Å². The van der Waals surface area contributed by atoms with Crippen molar-refractivity contribution in [3.8, 4) is 0 Å². The van der Waals surface area contributed by atoms with Crippen LogP contribution in [0.25, 0.3) is 10.2 Å². The molecule has 0 aliphatic heterocycles. The number of thiazole rings is 1. The normalized spacial score (nSPS) is 11.8. The number of alkyl halides is 1.